The molecular formula is C13H13Cl2NO. The maximum atomic E-state index is 11.6. The van der Waals surface area contributed by atoms with Crippen LogP contribution in [0.1, 0.15) is 25.3 Å². The lowest BCUT2D eigenvalue weighted by atomic mass is 10.0. The van der Waals surface area contributed by atoms with Crippen molar-refractivity contribution in [3.8, 4) is 0 Å². The number of hydrogen-bond donors (Lipinski definition) is 1. The quantitative estimate of drug-likeness (QED) is 0.834. The lowest BCUT2D eigenvalue weighted by Crippen LogP contribution is -2.33. The van der Waals surface area contributed by atoms with Crippen molar-refractivity contribution >= 4 is 29.1 Å². The van der Waals surface area contributed by atoms with Gasteiger partial charge in [-0.3, -0.25) is 4.79 Å². The summed E-state index contributed by atoms with van der Waals surface area (Å²) in [5.41, 5.74) is 0.652. The Balaban J connectivity index is 2.24. The van der Waals surface area contributed by atoms with Crippen molar-refractivity contribution in [1.82, 2.24) is 5.32 Å². The van der Waals surface area contributed by atoms with E-state index in [2.05, 4.69) is 5.32 Å². The molecule has 1 aliphatic carbocycles. The number of amides is 1. The van der Waals surface area contributed by atoms with Crippen LogP contribution in [0.4, 0.5) is 0 Å². The van der Waals surface area contributed by atoms with Crippen LogP contribution in [-0.2, 0) is 10.3 Å². The summed E-state index contributed by atoms with van der Waals surface area (Å²) in [4.78, 5) is 11.6. The molecule has 17 heavy (non-hydrogen) atoms. The second-order valence-corrected chi connectivity index (χ2v) is 5.04. The van der Waals surface area contributed by atoms with Gasteiger partial charge in [0.15, 0.2) is 0 Å². The Kier molecular flexibility index (Phi) is 3.45. The zero-order valence-electron chi connectivity index (χ0n) is 9.47. The summed E-state index contributed by atoms with van der Waals surface area (Å²) >= 11 is 12.0. The van der Waals surface area contributed by atoms with E-state index in [9.17, 15) is 4.79 Å². The second-order valence-electron chi connectivity index (χ2n) is 4.20. The Morgan fingerprint density at radius 3 is 2.65 bits per heavy atom. The first-order valence-electron chi connectivity index (χ1n) is 5.48. The van der Waals surface area contributed by atoms with Crippen molar-refractivity contribution in [2.24, 2.45) is 0 Å². The largest absolute Gasteiger partial charge is 0.343 e. The summed E-state index contributed by atoms with van der Waals surface area (Å²) in [5.74, 6) is -0.0870. The molecule has 2 nitrogen and oxygen atoms in total. The standard InChI is InChI=1S/C13H13Cl2NO/c1-2-3-12(17)16-13(6-7-13)10-5-4-9(14)8-11(10)15/h2-5,8H,6-7H2,1H3,(H,16,17)/b3-2+. The molecule has 0 aromatic heterocycles. The molecule has 1 amide bonds. The van der Waals surface area contributed by atoms with Gasteiger partial charge in [-0.25, -0.2) is 0 Å². The fourth-order valence-electron chi connectivity index (χ4n) is 1.89. The van der Waals surface area contributed by atoms with Gasteiger partial charge in [0.25, 0.3) is 0 Å². The van der Waals surface area contributed by atoms with E-state index in [4.69, 9.17) is 23.2 Å². The molecule has 1 fully saturated rings. The number of hydrogen-bond acceptors (Lipinski definition) is 1. The molecule has 1 N–H and O–H groups in total. The van der Waals surface area contributed by atoms with Gasteiger partial charge < -0.3 is 5.32 Å². The van der Waals surface area contributed by atoms with Crippen molar-refractivity contribution in [2.45, 2.75) is 25.3 Å². The predicted molar refractivity (Wildman–Crippen MR) is 70.3 cm³/mol. The third-order valence-corrected chi connectivity index (χ3v) is 3.43. The maximum Gasteiger partial charge on any atom is 0.244 e. The smallest absolute Gasteiger partial charge is 0.244 e. The van der Waals surface area contributed by atoms with Gasteiger partial charge in [0, 0.05) is 10.0 Å². The summed E-state index contributed by atoms with van der Waals surface area (Å²) in [6.07, 6.45) is 5.06. The first-order chi connectivity index (χ1) is 8.07. The van der Waals surface area contributed by atoms with Gasteiger partial charge in [-0.05, 0) is 43.5 Å². The highest BCUT2D eigenvalue weighted by Crippen LogP contribution is 2.48. The fraction of sp³-hybridized carbons (Fsp3) is 0.308. The van der Waals surface area contributed by atoms with Crippen molar-refractivity contribution in [2.75, 3.05) is 0 Å². The van der Waals surface area contributed by atoms with E-state index in [0.29, 0.717) is 10.0 Å². The van der Waals surface area contributed by atoms with Gasteiger partial charge in [-0.1, -0.05) is 35.3 Å². The molecule has 0 saturated heterocycles. The first kappa shape index (κ1) is 12.5. The average Bonchev–Trinajstić information content (AvgIpc) is 2.98. The molecule has 1 aromatic rings. The third kappa shape index (κ3) is 2.64. The van der Waals surface area contributed by atoms with Crippen LogP contribution in [0.2, 0.25) is 10.0 Å². The molecule has 0 aliphatic heterocycles. The molecule has 1 saturated carbocycles. The lowest BCUT2D eigenvalue weighted by molar-refractivity contribution is -0.117. The summed E-state index contributed by atoms with van der Waals surface area (Å²) in [6.45, 7) is 1.81. The molecule has 0 bridgehead atoms. The zero-order valence-corrected chi connectivity index (χ0v) is 11.0. The van der Waals surface area contributed by atoms with Crippen LogP contribution in [-0.4, -0.2) is 5.91 Å². The van der Waals surface area contributed by atoms with E-state index in [1.54, 1.807) is 18.2 Å². The van der Waals surface area contributed by atoms with E-state index in [1.165, 1.54) is 6.08 Å². The molecule has 0 heterocycles. The summed E-state index contributed by atoms with van der Waals surface area (Å²) in [7, 11) is 0. The van der Waals surface area contributed by atoms with Gasteiger partial charge >= 0.3 is 0 Å². The Morgan fingerprint density at radius 1 is 1.41 bits per heavy atom. The number of rotatable bonds is 3. The normalized spacial score (nSPS) is 17.1. The second kappa shape index (κ2) is 4.71. The minimum absolute atomic E-state index is 0.0870. The van der Waals surface area contributed by atoms with Gasteiger partial charge in [0.1, 0.15) is 0 Å². The highest BCUT2D eigenvalue weighted by atomic mass is 35.5. The SMILES string of the molecule is C/C=C/C(=O)NC1(c2ccc(Cl)cc2Cl)CC1. The third-order valence-electron chi connectivity index (χ3n) is 2.88. The van der Waals surface area contributed by atoms with E-state index in [0.717, 1.165) is 18.4 Å². The van der Waals surface area contributed by atoms with Crippen LogP contribution in [0.3, 0.4) is 0 Å². The van der Waals surface area contributed by atoms with Crippen LogP contribution in [0.25, 0.3) is 0 Å². The average molecular weight is 270 g/mol. The molecule has 90 valence electrons. The summed E-state index contributed by atoms with van der Waals surface area (Å²) in [6, 6.07) is 5.39. The molecule has 0 spiro atoms. The molecule has 1 aliphatic rings. The molecule has 0 atom stereocenters. The Labute approximate surface area is 111 Å². The number of benzene rings is 1. The Bertz CT molecular complexity index is 478. The van der Waals surface area contributed by atoms with E-state index in [-0.39, 0.29) is 11.4 Å². The number of allylic oxidation sites excluding steroid dienone is 1. The van der Waals surface area contributed by atoms with Crippen LogP contribution in [0, 0.1) is 0 Å². The summed E-state index contributed by atoms with van der Waals surface area (Å²) < 4.78 is 0. The monoisotopic (exact) mass is 269 g/mol. The summed E-state index contributed by atoms with van der Waals surface area (Å²) in [5, 5.41) is 4.20. The minimum atomic E-state index is -0.293. The van der Waals surface area contributed by atoms with E-state index < -0.39 is 0 Å². The van der Waals surface area contributed by atoms with Gasteiger partial charge in [-0.15, -0.1) is 0 Å². The molecule has 0 unspecified atom stereocenters. The van der Waals surface area contributed by atoms with Gasteiger partial charge in [-0.2, -0.15) is 0 Å². The van der Waals surface area contributed by atoms with Crippen LogP contribution >= 0.6 is 23.2 Å². The Morgan fingerprint density at radius 2 is 2.12 bits per heavy atom. The molecular weight excluding hydrogens is 257 g/mol. The van der Waals surface area contributed by atoms with Crippen LogP contribution in [0.5, 0.6) is 0 Å². The van der Waals surface area contributed by atoms with Gasteiger partial charge in [0.05, 0.1) is 5.54 Å². The van der Waals surface area contributed by atoms with Gasteiger partial charge in [0.2, 0.25) is 5.91 Å². The fourth-order valence-corrected chi connectivity index (χ4v) is 2.48. The van der Waals surface area contributed by atoms with Crippen LogP contribution in [0.15, 0.2) is 30.4 Å². The molecule has 0 radical (unpaired) electrons. The van der Waals surface area contributed by atoms with Crippen LogP contribution < -0.4 is 5.32 Å². The predicted octanol–water partition coefficient (Wildman–Crippen LogP) is 3.67. The Hall–Kier alpha value is -0.990. The van der Waals surface area contributed by atoms with E-state index in [1.807, 2.05) is 13.0 Å². The molecule has 2 rings (SSSR count). The number of carbonyl (C=O) groups excluding carboxylic acids is 1. The molecule has 4 heteroatoms. The minimum Gasteiger partial charge on any atom is -0.343 e. The van der Waals surface area contributed by atoms with Crippen molar-refractivity contribution < 1.29 is 4.79 Å². The maximum absolute atomic E-state index is 11.6. The highest BCUT2D eigenvalue weighted by molar-refractivity contribution is 6.35. The highest BCUT2D eigenvalue weighted by Gasteiger charge is 2.46. The zero-order chi connectivity index (χ0) is 12.5. The number of nitrogens with one attached hydrogen (secondary N) is 1. The topological polar surface area (TPSA) is 29.1 Å². The molecule has 1 aromatic carbocycles. The van der Waals surface area contributed by atoms with Crippen molar-refractivity contribution in [3.05, 3.63) is 46.0 Å². The van der Waals surface area contributed by atoms with E-state index >= 15 is 0 Å². The lowest BCUT2D eigenvalue weighted by Gasteiger charge is -2.18. The number of carbonyl (C=O) groups is 1. The number of halogens is 2. The van der Waals surface area contributed by atoms with Crippen molar-refractivity contribution in [1.29, 1.82) is 0 Å². The first-order valence-corrected chi connectivity index (χ1v) is 6.23. The van der Waals surface area contributed by atoms with Crippen molar-refractivity contribution in [3.63, 3.8) is 0 Å².